The monoisotopic (exact) mass is 523 g/mol. The summed E-state index contributed by atoms with van der Waals surface area (Å²) in [4.78, 5) is 24.0. The fourth-order valence-electron chi connectivity index (χ4n) is 4.02. The number of benzene rings is 1. The maximum atomic E-state index is 15.9. The number of nitrogens with one attached hydrogen (secondary N) is 1. The van der Waals surface area contributed by atoms with E-state index in [2.05, 4.69) is 20.0 Å². The molecule has 0 spiro atoms. The second kappa shape index (κ2) is 9.62. The summed E-state index contributed by atoms with van der Waals surface area (Å²) in [7, 11) is -2.78. The zero-order valence-corrected chi connectivity index (χ0v) is 20.6. The first-order valence-electron chi connectivity index (χ1n) is 10.9. The Balaban J connectivity index is 1.65. The first kappa shape index (κ1) is 25.8. The normalized spacial score (nSPS) is 26.4. The number of para-hydroxylation sites is 1. The number of anilines is 2. The number of carbonyl (C=O) groups is 1. The average molecular weight is 523 g/mol. The smallest absolute Gasteiger partial charge is 0.323 e. The van der Waals surface area contributed by atoms with Crippen molar-refractivity contribution in [3.8, 4) is 5.75 Å². The highest BCUT2D eigenvalue weighted by molar-refractivity contribution is 7.57. The van der Waals surface area contributed by atoms with Crippen LogP contribution in [0.15, 0.2) is 36.7 Å². The summed E-state index contributed by atoms with van der Waals surface area (Å²) in [6.07, 6.45) is -3.72. The molecule has 13 nitrogen and oxygen atoms in total. The van der Waals surface area contributed by atoms with Gasteiger partial charge in [-0.15, -0.1) is 0 Å². The average Bonchev–Trinajstić information content (AvgIpc) is 3.32. The molecule has 0 aliphatic carbocycles. The molecule has 3 aromatic rings. The van der Waals surface area contributed by atoms with Gasteiger partial charge in [-0.2, -0.15) is 9.97 Å². The number of halogens is 1. The number of ether oxygens (including phenoxy) is 2. The summed E-state index contributed by atoms with van der Waals surface area (Å²) < 4.78 is 47.3. The number of nitrogen functional groups attached to an aromatic ring is 2. The molecule has 6 N–H and O–H groups in total. The van der Waals surface area contributed by atoms with Crippen molar-refractivity contribution < 1.29 is 32.9 Å². The summed E-state index contributed by atoms with van der Waals surface area (Å²) in [6.45, 7) is 2.57. The molecular weight excluding hydrogens is 496 g/mol. The van der Waals surface area contributed by atoms with Crippen LogP contribution in [0.4, 0.5) is 16.2 Å². The van der Waals surface area contributed by atoms with Gasteiger partial charge in [0.2, 0.25) is 5.95 Å². The molecule has 1 aliphatic heterocycles. The van der Waals surface area contributed by atoms with E-state index >= 15 is 4.39 Å². The first-order chi connectivity index (χ1) is 16.9. The van der Waals surface area contributed by atoms with E-state index in [4.69, 9.17) is 25.5 Å². The lowest BCUT2D eigenvalue weighted by Crippen LogP contribution is -2.42. The van der Waals surface area contributed by atoms with Crippen LogP contribution in [0, 0.1) is 0 Å². The summed E-state index contributed by atoms with van der Waals surface area (Å²) in [6, 6.07) is 7.18. The van der Waals surface area contributed by atoms with Crippen LogP contribution in [-0.2, 0) is 18.8 Å². The van der Waals surface area contributed by atoms with Gasteiger partial charge in [-0.3, -0.25) is 13.9 Å². The molecule has 0 amide bonds. The van der Waals surface area contributed by atoms with Crippen LogP contribution >= 0.6 is 7.52 Å². The van der Waals surface area contributed by atoms with Gasteiger partial charge in [0.25, 0.3) is 0 Å². The Kier molecular flexibility index (Phi) is 6.88. The second-order valence-corrected chi connectivity index (χ2v) is 10.7. The molecule has 36 heavy (non-hydrogen) atoms. The lowest BCUT2D eigenvalue weighted by Gasteiger charge is -2.27. The van der Waals surface area contributed by atoms with Gasteiger partial charge in [0, 0.05) is 0 Å². The van der Waals surface area contributed by atoms with Crippen LogP contribution < -0.4 is 21.1 Å². The molecule has 1 aromatic carbocycles. The Hall–Kier alpha value is -3.32. The number of hydrogen-bond acceptors (Lipinski definition) is 11. The third-order valence-electron chi connectivity index (χ3n) is 5.80. The van der Waals surface area contributed by atoms with Crippen molar-refractivity contribution in [2.45, 2.75) is 44.0 Å². The Bertz CT molecular complexity index is 1310. The molecule has 0 bridgehead atoms. The molecule has 2 aromatic heterocycles. The summed E-state index contributed by atoms with van der Waals surface area (Å²) in [5, 5.41) is 13.5. The van der Waals surface area contributed by atoms with Crippen molar-refractivity contribution in [1.82, 2.24) is 24.6 Å². The maximum absolute atomic E-state index is 15.9. The van der Waals surface area contributed by atoms with Gasteiger partial charge >= 0.3 is 13.5 Å². The Labute approximate surface area is 205 Å². The van der Waals surface area contributed by atoms with E-state index in [0.29, 0.717) is 0 Å². The third-order valence-corrected chi connectivity index (χ3v) is 7.92. The lowest BCUT2D eigenvalue weighted by atomic mass is 9.99. The zero-order valence-electron chi connectivity index (χ0n) is 19.7. The number of imidazole rings is 1. The minimum absolute atomic E-state index is 0.00586. The minimum Gasteiger partial charge on any atom is -0.468 e. The molecule has 0 radical (unpaired) electrons. The number of esters is 1. The number of alkyl halides is 1. The maximum Gasteiger partial charge on any atom is 0.323 e. The van der Waals surface area contributed by atoms with Crippen molar-refractivity contribution in [2.24, 2.45) is 0 Å². The van der Waals surface area contributed by atoms with Gasteiger partial charge in [-0.1, -0.05) is 18.2 Å². The van der Waals surface area contributed by atoms with Gasteiger partial charge in [-0.05, 0) is 26.0 Å². The largest absolute Gasteiger partial charge is 0.468 e. The molecule has 0 saturated carbocycles. The third kappa shape index (κ3) is 4.85. The van der Waals surface area contributed by atoms with Gasteiger partial charge in [0.05, 0.1) is 19.6 Å². The van der Waals surface area contributed by atoms with E-state index in [1.54, 1.807) is 30.3 Å². The van der Waals surface area contributed by atoms with Crippen molar-refractivity contribution in [2.75, 3.05) is 24.7 Å². The topological polar surface area (TPSA) is 190 Å². The number of rotatable bonds is 8. The number of nitrogens with zero attached hydrogens (tertiary/aromatic N) is 4. The fourth-order valence-corrected chi connectivity index (χ4v) is 6.17. The highest BCUT2D eigenvalue weighted by Crippen LogP contribution is 2.50. The zero-order chi connectivity index (χ0) is 26.3. The second-order valence-electron chi connectivity index (χ2n) is 8.55. The number of aromatic nitrogens is 4. The summed E-state index contributed by atoms with van der Waals surface area (Å²) >= 11 is 0. The Morgan fingerprint density at radius 3 is 2.72 bits per heavy atom. The number of nitrogens with two attached hydrogens (primary N) is 2. The molecule has 1 fully saturated rings. The molecular formula is C21H27FN7O6P. The van der Waals surface area contributed by atoms with Gasteiger partial charge < -0.3 is 30.6 Å². The molecule has 3 heterocycles. The van der Waals surface area contributed by atoms with Gasteiger partial charge in [-0.25, -0.2) is 14.5 Å². The van der Waals surface area contributed by atoms with Crippen LogP contribution in [0.3, 0.4) is 0 Å². The van der Waals surface area contributed by atoms with Gasteiger partial charge in [0.1, 0.15) is 29.5 Å². The molecule has 1 aliphatic rings. The highest BCUT2D eigenvalue weighted by atomic mass is 31.2. The van der Waals surface area contributed by atoms with Crippen molar-refractivity contribution in [3.63, 3.8) is 0 Å². The number of hydrogen-bond donors (Lipinski definition) is 4. The van der Waals surface area contributed by atoms with E-state index in [-0.39, 0.29) is 28.7 Å². The predicted molar refractivity (Wildman–Crippen MR) is 128 cm³/mol. The molecule has 15 heteroatoms. The minimum atomic E-state index is -3.97. The first-order valence-corrected chi connectivity index (χ1v) is 12.7. The van der Waals surface area contributed by atoms with Crippen LogP contribution in [-0.4, -0.2) is 67.8 Å². The fraction of sp³-hybridized carbons (Fsp3) is 0.429. The molecule has 4 rings (SSSR count). The van der Waals surface area contributed by atoms with E-state index in [1.807, 2.05) is 0 Å². The quantitative estimate of drug-likeness (QED) is 0.246. The predicted octanol–water partition coefficient (Wildman–Crippen LogP) is 1.40. The summed E-state index contributed by atoms with van der Waals surface area (Å²) in [5.41, 5.74) is 9.42. The van der Waals surface area contributed by atoms with Crippen LogP contribution in [0.2, 0.25) is 0 Å². The van der Waals surface area contributed by atoms with E-state index in [9.17, 15) is 14.5 Å². The van der Waals surface area contributed by atoms with E-state index in [1.165, 1.54) is 24.9 Å². The van der Waals surface area contributed by atoms with Crippen LogP contribution in [0.25, 0.3) is 11.2 Å². The Morgan fingerprint density at radius 1 is 1.36 bits per heavy atom. The number of fused-ring (bicyclic) bond motifs is 1. The SMILES string of the molecule is COC(=O)[C@H](C)NP(=O)(C[C@H]1O[C@@H](n2cnc3c(N)nc(N)nc32)[C@](C)(F)[C@@H]1O)Oc1ccccc1. The Morgan fingerprint density at radius 2 is 2.06 bits per heavy atom. The highest BCUT2D eigenvalue weighted by Gasteiger charge is 2.57. The standard InChI is InChI=1S/C21H27FN7O6P/c1-11(18(31)33-3)28-36(32,35-12-7-5-4-6-8-12)9-13-15(30)21(2,22)19(34-13)29-10-25-14-16(23)26-20(24)27-17(14)29/h4-8,10-11,13,15,19,30H,9H2,1-3H3,(H,28,32)(H4,23,24,26,27)/t11-,13+,15+,19+,21+,36?/m0/s1. The van der Waals surface area contributed by atoms with Crippen LogP contribution in [0.1, 0.15) is 20.1 Å². The molecule has 6 atom stereocenters. The number of aliphatic hydroxyl groups excluding tert-OH is 1. The van der Waals surface area contributed by atoms with Crippen molar-refractivity contribution >= 4 is 36.4 Å². The molecule has 1 unspecified atom stereocenters. The number of aliphatic hydroxyl groups is 1. The molecule has 1 saturated heterocycles. The number of methoxy groups -OCH3 is 1. The van der Waals surface area contributed by atoms with Gasteiger partial charge in [0.15, 0.2) is 23.4 Å². The summed E-state index contributed by atoms with van der Waals surface area (Å²) in [5.74, 6) is -0.610. The van der Waals surface area contributed by atoms with E-state index in [0.717, 1.165) is 6.92 Å². The van der Waals surface area contributed by atoms with Crippen molar-refractivity contribution in [1.29, 1.82) is 0 Å². The van der Waals surface area contributed by atoms with E-state index < -0.39 is 49.8 Å². The van der Waals surface area contributed by atoms with Crippen LogP contribution in [0.5, 0.6) is 5.75 Å². The number of carbonyl (C=O) groups excluding carboxylic acids is 1. The van der Waals surface area contributed by atoms with Crippen molar-refractivity contribution in [3.05, 3.63) is 36.7 Å². The molecule has 194 valence electrons. The lowest BCUT2D eigenvalue weighted by molar-refractivity contribution is -0.142.